The Balaban J connectivity index is 1.77. The topological polar surface area (TPSA) is 64.3 Å². The van der Waals surface area contributed by atoms with Gasteiger partial charge in [-0.25, -0.2) is 0 Å². The van der Waals surface area contributed by atoms with E-state index < -0.39 is 0 Å². The maximum atomic E-state index is 12.4. The number of para-hydroxylation sites is 1. The summed E-state index contributed by atoms with van der Waals surface area (Å²) in [6.45, 7) is 0.482. The van der Waals surface area contributed by atoms with Crippen LogP contribution in [0.25, 0.3) is 0 Å². The van der Waals surface area contributed by atoms with E-state index >= 15 is 0 Å². The summed E-state index contributed by atoms with van der Waals surface area (Å²) in [5, 5.41) is 2.80. The first-order chi connectivity index (χ1) is 11.3. The number of nitrogens with one attached hydrogen (secondary N) is 1. The number of amides is 1. The van der Waals surface area contributed by atoms with E-state index in [0.717, 1.165) is 29.2 Å². The fourth-order valence-electron chi connectivity index (χ4n) is 2.54. The maximum Gasteiger partial charge on any atom is 0.237 e. The molecule has 0 bridgehead atoms. The third kappa shape index (κ3) is 4.06. The highest BCUT2D eigenvalue weighted by Gasteiger charge is 2.27. The Morgan fingerprint density at radius 2 is 1.91 bits per heavy atom. The molecule has 0 aliphatic carbocycles. The van der Waals surface area contributed by atoms with Crippen molar-refractivity contribution in [3.8, 4) is 11.5 Å². The van der Waals surface area contributed by atoms with E-state index in [2.05, 4.69) is 5.32 Å². The SMILES string of the molecule is NCC1CCSC(c2cccc(Oc3ccccc3)c2)C(=O)N1. The molecule has 3 rings (SSSR count). The molecule has 0 aromatic heterocycles. The summed E-state index contributed by atoms with van der Waals surface area (Å²) < 4.78 is 5.86. The highest BCUT2D eigenvalue weighted by atomic mass is 32.2. The monoisotopic (exact) mass is 328 g/mol. The predicted octanol–water partition coefficient (Wildman–Crippen LogP) is 3.10. The van der Waals surface area contributed by atoms with E-state index in [1.807, 2.05) is 54.6 Å². The summed E-state index contributed by atoms with van der Waals surface area (Å²) in [4.78, 5) is 12.4. The normalized spacial score (nSPS) is 21.3. The van der Waals surface area contributed by atoms with Crippen molar-refractivity contribution in [1.29, 1.82) is 0 Å². The van der Waals surface area contributed by atoms with Crippen molar-refractivity contribution >= 4 is 17.7 Å². The first-order valence-electron chi connectivity index (χ1n) is 7.71. The molecule has 2 aromatic rings. The highest BCUT2D eigenvalue weighted by molar-refractivity contribution is 8.00. The molecular formula is C18H20N2O2S. The number of thioether (sulfide) groups is 1. The van der Waals surface area contributed by atoms with Crippen molar-refractivity contribution in [2.75, 3.05) is 12.3 Å². The number of hydrogen-bond acceptors (Lipinski definition) is 4. The van der Waals surface area contributed by atoms with Crippen molar-refractivity contribution in [3.05, 3.63) is 60.2 Å². The molecule has 2 unspecified atom stereocenters. The molecule has 1 aliphatic heterocycles. The van der Waals surface area contributed by atoms with Crippen LogP contribution in [0.15, 0.2) is 54.6 Å². The highest BCUT2D eigenvalue weighted by Crippen LogP contribution is 2.34. The Morgan fingerprint density at radius 1 is 1.13 bits per heavy atom. The van der Waals surface area contributed by atoms with Crippen LogP contribution < -0.4 is 15.8 Å². The lowest BCUT2D eigenvalue weighted by Crippen LogP contribution is -2.40. The standard InChI is InChI=1S/C18H20N2O2S/c19-12-14-9-10-23-17(18(21)20-14)13-5-4-8-16(11-13)22-15-6-2-1-3-7-15/h1-8,11,14,17H,9-10,12,19H2,(H,20,21). The van der Waals surface area contributed by atoms with Gasteiger partial charge in [0.1, 0.15) is 16.7 Å². The van der Waals surface area contributed by atoms with Crippen LogP contribution in [0, 0.1) is 0 Å². The predicted molar refractivity (Wildman–Crippen MR) is 93.8 cm³/mol. The lowest BCUT2D eigenvalue weighted by Gasteiger charge is -2.16. The number of rotatable bonds is 4. The summed E-state index contributed by atoms with van der Waals surface area (Å²) in [5.41, 5.74) is 6.64. The van der Waals surface area contributed by atoms with Crippen molar-refractivity contribution in [2.45, 2.75) is 17.7 Å². The Morgan fingerprint density at radius 3 is 2.70 bits per heavy atom. The van der Waals surface area contributed by atoms with E-state index in [-0.39, 0.29) is 17.2 Å². The summed E-state index contributed by atoms with van der Waals surface area (Å²) in [7, 11) is 0. The fraction of sp³-hybridized carbons (Fsp3) is 0.278. The van der Waals surface area contributed by atoms with E-state index in [1.54, 1.807) is 11.8 Å². The van der Waals surface area contributed by atoms with Crippen LogP contribution in [0.1, 0.15) is 17.2 Å². The molecule has 120 valence electrons. The largest absolute Gasteiger partial charge is 0.457 e. The molecule has 1 fully saturated rings. The number of hydrogen-bond donors (Lipinski definition) is 2. The van der Waals surface area contributed by atoms with Gasteiger partial charge in [0.25, 0.3) is 0 Å². The van der Waals surface area contributed by atoms with Crippen molar-refractivity contribution in [2.24, 2.45) is 5.73 Å². The van der Waals surface area contributed by atoms with Crippen molar-refractivity contribution < 1.29 is 9.53 Å². The van der Waals surface area contributed by atoms with Gasteiger partial charge >= 0.3 is 0 Å². The minimum Gasteiger partial charge on any atom is -0.457 e. The molecule has 0 saturated carbocycles. The Hall–Kier alpha value is -1.98. The molecule has 1 heterocycles. The summed E-state index contributed by atoms with van der Waals surface area (Å²) in [6, 6.07) is 17.4. The third-order valence-electron chi connectivity index (χ3n) is 3.76. The van der Waals surface area contributed by atoms with E-state index in [4.69, 9.17) is 10.5 Å². The first-order valence-corrected chi connectivity index (χ1v) is 8.76. The van der Waals surface area contributed by atoms with Gasteiger partial charge in [0, 0.05) is 12.6 Å². The van der Waals surface area contributed by atoms with E-state index in [9.17, 15) is 4.79 Å². The molecule has 1 amide bonds. The molecule has 0 spiro atoms. The Bertz CT molecular complexity index is 663. The van der Waals surface area contributed by atoms with Gasteiger partial charge in [-0.3, -0.25) is 4.79 Å². The summed E-state index contributed by atoms with van der Waals surface area (Å²) in [6.07, 6.45) is 0.906. The quantitative estimate of drug-likeness (QED) is 0.905. The number of benzene rings is 2. The second-order valence-electron chi connectivity index (χ2n) is 5.47. The van der Waals surface area contributed by atoms with Crippen LogP contribution in [-0.4, -0.2) is 24.2 Å². The molecule has 2 atom stereocenters. The number of carbonyl (C=O) groups excluding carboxylic acids is 1. The summed E-state index contributed by atoms with van der Waals surface area (Å²) >= 11 is 1.66. The van der Waals surface area contributed by atoms with Crippen LogP contribution >= 0.6 is 11.8 Å². The minimum atomic E-state index is -0.217. The zero-order valence-corrected chi connectivity index (χ0v) is 13.6. The molecule has 23 heavy (non-hydrogen) atoms. The van der Waals surface area contributed by atoms with Gasteiger partial charge in [0.15, 0.2) is 0 Å². The number of nitrogens with two attached hydrogens (primary N) is 1. The van der Waals surface area contributed by atoms with Gasteiger partial charge in [-0.15, -0.1) is 11.8 Å². The van der Waals surface area contributed by atoms with Gasteiger partial charge in [-0.1, -0.05) is 30.3 Å². The minimum absolute atomic E-state index is 0.0276. The van der Waals surface area contributed by atoms with Crippen molar-refractivity contribution in [3.63, 3.8) is 0 Å². The molecule has 4 nitrogen and oxygen atoms in total. The average molecular weight is 328 g/mol. The molecule has 1 saturated heterocycles. The van der Waals surface area contributed by atoms with Crippen LogP contribution in [0.5, 0.6) is 11.5 Å². The summed E-state index contributed by atoms with van der Waals surface area (Å²) in [5.74, 6) is 2.46. The molecule has 0 radical (unpaired) electrons. The second kappa shape index (κ2) is 7.53. The van der Waals surface area contributed by atoms with Crippen molar-refractivity contribution in [1.82, 2.24) is 5.32 Å². The third-order valence-corrected chi connectivity index (χ3v) is 5.05. The average Bonchev–Trinajstić information content (AvgIpc) is 2.77. The lowest BCUT2D eigenvalue weighted by molar-refractivity contribution is -0.121. The van der Waals surface area contributed by atoms with Crippen LogP contribution in [0.2, 0.25) is 0 Å². The molecule has 1 aliphatic rings. The van der Waals surface area contributed by atoms with E-state index in [0.29, 0.717) is 6.54 Å². The smallest absolute Gasteiger partial charge is 0.237 e. The number of carbonyl (C=O) groups is 1. The molecule has 3 N–H and O–H groups in total. The van der Waals surface area contributed by atoms with Gasteiger partial charge in [-0.2, -0.15) is 0 Å². The van der Waals surface area contributed by atoms with Crippen LogP contribution in [0.4, 0.5) is 0 Å². The molecule has 5 heteroatoms. The van der Waals surface area contributed by atoms with E-state index in [1.165, 1.54) is 0 Å². The second-order valence-corrected chi connectivity index (χ2v) is 6.68. The van der Waals surface area contributed by atoms with Crippen LogP contribution in [-0.2, 0) is 4.79 Å². The fourth-order valence-corrected chi connectivity index (χ4v) is 3.76. The number of ether oxygens (including phenoxy) is 1. The van der Waals surface area contributed by atoms with Gasteiger partial charge in [0.2, 0.25) is 5.91 Å². The van der Waals surface area contributed by atoms with Crippen LogP contribution in [0.3, 0.4) is 0 Å². The zero-order chi connectivity index (χ0) is 16.1. The maximum absolute atomic E-state index is 12.4. The van der Waals surface area contributed by atoms with Gasteiger partial charge in [0.05, 0.1) is 0 Å². The lowest BCUT2D eigenvalue weighted by atomic mass is 10.1. The molecule has 2 aromatic carbocycles. The Kier molecular flexibility index (Phi) is 5.20. The zero-order valence-electron chi connectivity index (χ0n) is 12.8. The van der Waals surface area contributed by atoms with Gasteiger partial charge in [-0.05, 0) is 42.0 Å². The molecular weight excluding hydrogens is 308 g/mol. The Labute approximate surface area is 140 Å². The first kappa shape index (κ1) is 15.9. The van der Waals surface area contributed by atoms with Gasteiger partial charge < -0.3 is 15.8 Å².